The van der Waals surface area contributed by atoms with E-state index in [0.717, 1.165) is 15.4 Å². The first-order chi connectivity index (χ1) is 15.3. The summed E-state index contributed by atoms with van der Waals surface area (Å²) in [7, 11) is 1.58. The molecule has 6 heteroatoms. The highest BCUT2D eigenvalue weighted by Crippen LogP contribution is 2.56. The number of methoxy groups -OCH3 is 1. The van der Waals surface area contributed by atoms with E-state index in [1.54, 1.807) is 40.0 Å². The Morgan fingerprint density at radius 1 is 0.938 bits per heavy atom. The minimum absolute atomic E-state index is 0.366. The van der Waals surface area contributed by atoms with Crippen LogP contribution in [0.15, 0.2) is 83.8 Å². The molecule has 164 valence electrons. The Morgan fingerprint density at radius 3 is 2.16 bits per heavy atom. The molecule has 0 aromatic heterocycles. The molecule has 0 radical (unpaired) electrons. The van der Waals surface area contributed by atoms with E-state index in [0.29, 0.717) is 17.0 Å². The van der Waals surface area contributed by atoms with E-state index < -0.39 is 16.4 Å². The Kier molecular flexibility index (Phi) is 5.73. The molecular formula is C26H25NO4S. The van der Waals surface area contributed by atoms with Gasteiger partial charge in [0.25, 0.3) is 5.91 Å². The molecule has 0 saturated carbocycles. The second-order valence-electron chi connectivity index (χ2n) is 8.47. The average molecular weight is 448 g/mol. The number of amides is 2. The van der Waals surface area contributed by atoms with E-state index in [1.165, 1.54) is 11.8 Å². The number of hydrogen-bond acceptors (Lipinski definition) is 5. The van der Waals surface area contributed by atoms with Crippen molar-refractivity contribution in [2.24, 2.45) is 0 Å². The average Bonchev–Trinajstić information content (AvgIpc) is 3.02. The predicted octanol–water partition coefficient (Wildman–Crippen LogP) is 6.01. The molecule has 5 nitrogen and oxygen atoms in total. The molecule has 1 heterocycles. The fourth-order valence-corrected chi connectivity index (χ4v) is 5.12. The maximum atomic E-state index is 14.2. The van der Waals surface area contributed by atoms with Crippen molar-refractivity contribution in [3.8, 4) is 5.75 Å². The number of carbonyl (C=O) groups excluding carboxylic acids is 2. The molecule has 4 rings (SSSR count). The van der Waals surface area contributed by atoms with E-state index in [2.05, 4.69) is 0 Å². The molecule has 3 aromatic carbocycles. The van der Waals surface area contributed by atoms with Gasteiger partial charge in [0.1, 0.15) is 11.4 Å². The van der Waals surface area contributed by atoms with Crippen LogP contribution in [0.3, 0.4) is 0 Å². The van der Waals surface area contributed by atoms with E-state index in [-0.39, 0.29) is 5.91 Å². The molecule has 2 amide bonds. The number of fused-ring (bicyclic) bond motifs is 1. The molecular weight excluding hydrogens is 422 g/mol. The first-order valence-electron chi connectivity index (χ1n) is 10.3. The van der Waals surface area contributed by atoms with Crippen molar-refractivity contribution in [2.75, 3.05) is 12.0 Å². The Hall–Kier alpha value is -3.25. The van der Waals surface area contributed by atoms with Gasteiger partial charge < -0.3 is 9.47 Å². The quantitative estimate of drug-likeness (QED) is 0.490. The number of thioether (sulfide) groups is 1. The Balaban J connectivity index is 1.96. The molecule has 1 aliphatic heterocycles. The van der Waals surface area contributed by atoms with Gasteiger partial charge >= 0.3 is 6.09 Å². The SMILES string of the molecule is COc1ccc2c(c1)[C@](Sc1ccccc1)(c1ccccc1)C(=O)N2C(=O)OC(C)(C)C. The van der Waals surface area contributed by atoms with Gasteiger partial charge in [-0.2, -0.15) is 0 Å². The van der Waals surface area contributed by atoms with Crippen LogP contribution in [0.4, 0.5) is 10.5 Å². The zero-order chi connectivity index (χ0) is 22.9. The lowest BCUT2D eigenvalue weighted by molar-refractivity contribution is -0.119. The largest absolute Gasteiger partial charge is 0.497 e. The van der Waals surface area contributed by atoms with Crippen LogP contribution in [-0.2, 0) is 14.3 Å². The van der Waals surface area contributed by atoms with Crippen molar-refractivity contribution in [1.29, 1.82) is 0 Å². The number of hydrogen-bond donors (Lipinski definition) is 0. The molecule has 1 aliphatic rings. The highest BCUT2D eigenvalue weighted by Gasteiger charge is 2.56. The minimum Gasteiger partial charge on any atom is -0.497 e. The first-order valence-corrected chi connectivity index (χ1v) is 11.1. The zero-order valence-electron chi connectivity index (χ0n) is 18.5. The highest BCUT2D eigenvalue weighted by molar-refractivity contribution is 8.01. The van der Waals surface area contributed by atoms with Crippen molar-refractivity contribution in [3.63, 3.8) is 0 Å². The second kappa shape index (κ2) is 8.36. The second-order valence-corrected chi connectivity index (χ2v) is 9.75. The molecule has 0 spiro atoms. The Labute approximate surface area is 192 Å². The summed E-state index contributed by atoms with van der Waals surface area (Å²) in [5.41, 5.74) is 1.22. The smallest absolute Gasteiger partial charge is 0.421 e. The molecule has 0 aliphatic carbocycles. The third kappa shape index (κ3) is 3.86. The third-order valence-electron chi connectivity index (χ3n) is 5.10. The van der Waals surface area contributed by atoms with Gasteiger partial charge in [0.15, 0.2) is 4.75 Å². The number of rotatable bonds is 4. The van der Waals surface area contributed by atoms with Gasteiger partial charge in [-0.1, -0.05) is 60.3 Å². The van der Waals surface area contributed by atoms with E-state index >= 15 is 0 Å². The lowest BCUT2D eigenvalue weighted by Crippen LogP contribution is -2.44. The summed E-state index contributed by atoms with van der Waals surface area (Å²) < 4.78 is 9.91. The molecule has 32 heavy (non-hydrogen) atoms. The molecule has 1 atom stereocenters. The van der Waals surface area contributed by atoms with Crippen LogP contribution in [0.1, 0.15) is 31.9 Å². The van der Waals surface area contributed by atoms with Crippen LogP contribution in [0.5, 0.6) is 5.75 Å². The summed E-state index contributed by atoms with van der Waals surface area (Å²) in [4.78, 5) is 29.4. The van der Waals surface area contributed by atoms with E-state index in [1.807, 2.05) is 66.7 Å². The van der Waals surface area contributed by atoms with Crippen molar-refractivity contribution in [2.45, 2.75) is 36.0 Å². The summed E-state index contributed by atoms with van der Waals surface area (Å²) in [5, 5.41) is 0. The fourth-order valence-electron chi connectivity index (χ4n) is 3.76. The molecule has 0 unspecified atom stereocenters. The maximum Gasteiger partial charge on any atom is 0.421 e. The van der Waals surface area contributed by atoms with Crippen LogP contribution in [0.25, 0.3) is 0 Å². The van der Waals surface area contributed by atoms with Gasteiger partial charge in [0, 0.05) is 10.5 Å². The number of carbonyl (C=O) groups is 2. The van der Waals surface area contributed by atoms with E-state index in [4.69, 9.17) is 9.47 Å². The molecule has 3 aromatic rings. The summed E-state index contributed by atoms with van der Waals surface area (Å²) in [6, 6.07) is 24.5. The molecule has 0 bridgehead atoms. The monoisotopic (exact) mass is 447 g/mol. The van der Waals surface area contributed by atoms with Crippen LogP contribution >= 0.6 is 11.8 Å². The van der Waals surface area contributed by atoms with Crippen molar-refractivity contribution < 1.29 is 19.1 Å². The lowest BCUT2D eigenvalue weighted by atomic mass is 9.91. The summed E-state index contributed by atoms with van der Waals surface area (Å²) in [6.07, 6.45) is -0.694. The van der Waals surface area contributed by atoms with E-state index in [9.17, 15) is 9.59 Å². The topological polar surface area (TPSA) is 55.8 Å². The fraction of sp³-hybridized carbons (Fsp3) is 0.231. The first kappa shape index (κ1) is 22.0. The van der Waals surface area contributed by atoms with Gasteiger partial charge in [-0.25, -0.2) is 9.69 Å². The summed E-state index contributed by atoms with van der Waals surface area (Å²) in [6.45, 7) is 5.34. The van der Waals surface area contributed by atoms with Crippen molar-refractivity contribution in [1.82, 2.24) is 0 Å². The number of imide groups is 1. The predicted molar refractivity (Wildman–Crippen MR) is 126 cm³/mol. The summed E-state index contributed by atoms with van der Waals surface area (Å²) >= 11 is 1.41. The van der Waals surface area contributed by atoms with Crippen LogP contribution < -0.4 is 9.64 Å². The maximum absolute atomic E-state index is 14.2. The minimum atomic E-state index is -1.18. The van der Waals surface area contributed by atoms with Gasteiger partial charge in [0.05, 0.1) is 12.8 Å². The van der Waals surface area contributed by atoms with Gasteiger partial charge in [-0.3, -0.25) is 4.79 Å². The third-order valence-corrected chi connectivity index (χ3v) is 6.54. The molecule has 0 fully saturated rings. The van der Waals surface area contributed by atoms with Crippen molar-refractivity contribution in [3.05, 3.63) is 90.0 Å². The van der Waals surface area contributed by atoms with Crippen LogP contribution in [0.2, 0.25) is 0 Å². The van der Waals surface area contributed by atoms with Crippen LogP contribution in [0, 0.1) is 0 Å². The molecule has 0 N–H and O–H groups in total. The number of anilines is 1. The standard InChI is InChI=1S/C26H25NO4S/c1-25(2,3)31-24(29)27-22-16-15-19(30-4)17-21(22)26(23(27)28,18-11-7-5-8-12-18)32-20-13-9-6-10-14-20/h5-17H,1-4H3/t26-/m1/s1. The normalized spacial score (nSPS) is 17.8. The van der Waals surface area contributed by atoms with Gasteiger partial charge in [-0.15, -0.1) is 0 Å². The highest BCUT2D eigenvalue weighted by atomic mass is 32.2. The number of ether oxygens (including phenoxy) is 2. The zero-order valence-corrected chi connectivity index (χ0v) is 19.3. The lowest BCUT2D eigenvalue weighted by Gasteiger charge is -2.29. The van der Waals surface area contributed by atoms with Crippen molar-refractivity contribution >= 4 is 29.4 Å². The van der Waals surface area contributed by atoms with Gasteiger partial charge in [0.2, 0.25) is 0 Å². The van der Waals surface area contributed by atoms with Gasteiger partial charge in [-0.05, 0) is 56.7 Å². The number of nitrogens with zero attached hydrogens (tertiary/aromatic N) is 1. The Morgan fingerprint density at radius 2 is 1.56 bits per heavy atom. The number of benzene rings is 3. The molecule has 0 saturated heterocycles. The Bertz CT molecular complexity index is 1140. The van der Waals surface area contributed by atoms with Crippen LogP contribution in [-0.4, -0.2) is 24.7 Å². The summed E-state index contributed by atoms with van der Waals surface area (Å²) in [5.74, 6) is 0.242.